The minimum atomic E-state index is -2.98. The summed E-state index contributed by atoms with van der Waals surface area (Å²) in [5.74, 6) is -1.63. The van der Waals surface area contributed by atoms with Gasteiger partial charge in [0.05, 0.1) is 5.75 Å². The highest BCUT2D eigenvalue weighted by Gasteiger charge is 2.11. The molecule has 0 spiro atoms. The third-order valence-electron chi connectivity index (χ3n) is 3.41. The molecule has 0 amide bonds. The fraction of sp³-hybridized carbons (Fsp3) is 0.429. The first kappa shape index (κ1) is 15.9. The molecule has 4 nitrogen and oxygen atoms in total. The first-order chi connectivity index (χ1) is 9.76. The van der Waals surface area contributed by atoms with Gasteiger partial charge in [0.15, 0.2) is 11.6 Å². The Morgan fingerprint density at radius 3 is 2.52 bits per heavy atom. The molecule has 1 aromatic heterocycles. The van der Waals surface area contributed by atoms with Gasteiger partial charge >= 0.3 is 0 Å². The van der Waals surface area contributed by atoms with Crippen LogP contribution in [0, 0.1) is 11.6 Å². The van der Waals surface area contributed by atoms with E-state index in [4.69, 9.17) is 0 Å². The van der Waals surface area contributed by atoms with E-state index in [2.05, 4.69) is 4.98 Å². The molecule has 1 heterocycles. The molecular weight excluding hydrogens is 298 g/mol. The van der Waals surface area contributed by atoms with Crippen LogP contribution in [0.3, 0.4) is 0 Å². The normalized spacial score (nSPS) is 12.4. The van der Waals surface area contributed by atoms with E-state index in [-0.39, 0.29) is 5.75 Å². The molecule has 2 rings (SSSR count). The van der Waals surface area contributed by atoms with Gasteiger partial charge in [-0.3, -0.25) is 0 Å². The van der Waals surface area contributed by atoms with Gasteiger partial charge in [-0.15, -0.1) is 0 Å². The van der Waals surface area contributed by atoms with Gasteiger partial charge in [0.25, 0.3) is 0 Å². The molecule has 21 heavy (non-hydrogen) atoms. The van der Waals surface area contributed by atoms with Crippen LogP contribution in [0.2, 0.25) is 0 Å². The van der Waals surface area contributed by atoms with Crippen LogP contribution in [-0.2, 0) is 16.3 Å². The molecule has 0 aliphatic heterocycles. The Balaban J connectivity index is 2.02. The zero-order chi connectivity index (χ0) is 15.6. The fourth-order valence-electron chi connectivity index (χ4n) is 2.13. The van der Waals surface area contributed by atoms with Crippen LogP contribution in [-0.4, -0.2) is 50.4 Å². The summed E-state index contributed by atoms with van der Waals surface area (Å²) < 4.78 is 48.6. The highest BCUT2D eigenvalue weighted by atomic mass is 32.2. The molecule has 0 bridgehead atoms. The molecule has 0 saturated carbocycles. The van der Waals surface area contributed by atoms with E-state index in [1.165, 1.54) is 12.3 Å². The summed E-state index contributed by atoms with van der Waals surface area (Å²) in [5.41, 5.74) is 1.44. The van der Waals surface area contributed by atoms with Gasteiger partial charge in [-0.2, -0.15) is 0 Å². The summed E-state index contributed by atoms with van der Waals surface area (Å²) in [6.45, 7) is 1.09. The van der Waals surface area contributed by atoms with E-state index in [1.54, 1.807) is 6.20 Å². The number of likely N-dealkylation sites (N-methyl/N-ethyl adjacent to an activating group) is 1. The van der Waals surface area contributed by atoms with Crippen molar-refractivity contribution >= 4 is 20.7 Å². The number of sulfone groups is 1. The van der Waals surface area contributed by atoms with Crippen molar-refractivity contribution in [1.29, 1.82) is 0 Å². The molecule has 0 saturated heterocycles. The van der Waals surface area contributed by atoms with Crippen LogP contribution < -0.4 is 0 Å². The SMILES string of the molecule is CN(CCc1c[nH]c2cc(F)c(F)cc12)CCS(C)(=O)=O. The number of fused-ring (bicyclic) bond motifs is 1. The maximum Gasteiger partial charge on any atom is 0.160 e. The zero-order valence-corrected chi connectivity index (χ0v) is 12.8. The number of hydrogen-bond acceptors (Lipinski definition) is 3. The number of hydrogen-bond donors (Lipinski definition) is 1. The lowest BCUT2D eigenvalue weighted by molar-refractivity contribution is 0.358. The Hall–Kier alpha value is -1.47. The molecule has 0 aliphatic carbocycles. The molecule has 7 heteroatoms. The average molecular weight is 316 g/mol. The zero-order valence-electron chi connectivity index (χ0n) is 12.0. The van der Waals surface area contributed by atoms with E-state index in [0.717, 1.165) is 11.6 Å². The Morgan fingerprint density at radius 2 is 1.86 bits per heavy atom. The summed E-state index contributed by atoms with van der Waals surface area (Å²) in [4.78, 5) is 4.82. The number of halogens is 2. The van der Waals surface area contributed by atoms with Gasteiger partial charge in [0.1, 0.15) is 9.84 Å². The van der Waals surface area contributed by atoms with E-state index in [9.17, 15) is 17.2 Å². The number of aromatic amines is 1. The van der Waals surface area contributed by atoms with E-state index in [0.29, 0.717) is 30.4 Å². The van der Waals surface area contributed by atoms with Crippen molar-refractivity contribution in [3.05, 3.63) is 35.5 Å². The van der Waals surface area contributed by atoms with Crippen molar-refractivity contribution in [2.45, 2.75) is 6.42 Å². The molecule has 0 unspecified atom stereocenters. The van der Waals surface area contributed by atoms with Crippen LogP contribution >= 0.6 is 0 Å². The van der Waals surface area contributed by atoms with Gasteiger partial charge in [-0.25, -0.2) is 17.2 Å². The second-order valence-electron chi connectivity index (χ2n) is 5.31. The largest absolute Gasteiger partial charge is 0.361 e. The van der Waals surface area contributed by atoms with Crippen molar-refractivity contribution in [3.8, 4) is 0 Å². The van der Waals surface area contributed by atoms with Crippen molar-refractivity contribution in [3.63, 3.8) is 0 Å². The Bertz CT molecular complexity index is 741. The summed E-state index contributed by atoms with van der Waals surface area (Å²) in [6.07, 6.45) is 3.57. The predicted molar refractivity (Wildman–Crippen MR) is 79.1 cm³/mol. The Morgan fingerprint density at radius 1 is 1.19 bits per heavy atom. The first-order valence-electron chi connectivity index (χ1n) is 6.57. The van der Waals surface area contributed by atoms with Gasteiger partial charge in [-0.1, -0.05) is 0 Å². The van der Waals surface area contributed by atoms with Crippen LogP contribution in [0.1, 0.15) is 5.56 Å². The van der Waals surface area contributed by atoms with Crippen molar-refractivity contribution in [2.75, 3.05) is 32.1 Å². The quantitative estimate of drug-likeness (QED) is 0.886. The van der Waals surface area contributed by atoms with Gasteiger partial charge in [0.2, 0.25) is 0 Å². The molecule has 0 aliphatic rings. The number of nitrogens with one attached hydrogen (secondary N) is 1. The second kappa shape index (κ2) is 6.11. The van der Waals surface area contributed by atoms with E-state index >= 15 is 0 Å². The van der Waals surface area contributed by atoms with Crippen molar-refractivity contribution in [2.24, 2.45) is 0 Å². The lowest BCUT2D eigenvalue weighted by Crippen LogP contribution is -2.27. The minimum Gasteiger partial charge on any atom is -0.361 e. The summed E-state index contributed by atoms with van der Waals surface area (Å²) in [6, 6.07) is 2.33. The summed E-state index contributed by atoms with van der Waals surface area (Å²) >= 11 is 0. The first-order valence-corrected chi connectivity index (χ1v) is 8.63. The van der Waals surface area contributed by atoms with Gasteiger partial charge < -0.3 is 9.88 Å². The number of benzene rings is 1. The fourth-order valence-corrected chi connectivity index (χ4v) is 2.77. The molecule has 0 radical (unpaired) electrons. The third-order valence-corrected chi connectivity index (χ3v) is 4.34. The van der Waals surface area contributed by atoms with Gasteiger partial charge in [-0.05, 0) is 25.1 Å². The van der Waals surface area contributed by atoms with Crippen LogP contribution in [0.25, 0.3) is 10.9 Å². The number of rotatable bonds is 6. The highest BCUT2D eigenvalue weighted by Crippen LogP contribution is 2.22. The number of aromatic nitrogens is 1. The molecular formula is C14H18F2N2O2S. The number of nitrogens with zero attached hydrogens (tertiary/aromatic N) is 1. The monoisotopic (exact) mass is 316 g/mol. The molecule has 0 fully saturated rings. The Labute approximate surface area is 122 Å². The molecule has 1 N–H and O–H groups in total. The Kier molecular flexibility index (Phi) is 4.63. The van der Waals surface area contributed by atoms with Gasteiger partial charge in [0, 0.05) is 42.5 Å². The topological polar surface area (TPSA) is 53.2 Å². The number of H-pyrrole nitrogens is 1. The smallest absolute Gasteiger partial charge is 0.160 e. The summed E-state index contributed by atoms with van der Waals surface area (Å²) in [7, 11) is -1.14. The highest BCUT2D eigenvalue weighted by molar-refractivity contribution is 7.90. The molecule has 116 valence electrons. The van der Waals surface area contributed by atoms with E-state index < -0.39 is 21.5 Å². The van der Waals surface area contributed by atoms with E-state index in [1.807, 2.05) is 11.9 Å². The molecule has 0 atom stereocenters. The second-order valence-corrected chi connectivity index (χ2v) is 7.57. The maximum atomic E-state index is 13.3. The van der Waals surface area contributed by atoms with Crippen molar-refractivity contribution < 1.29 is 17.2 Å². The van der Waals surface area contributed by atoms with Crippen LogP contribution in [0.4, 0.5) is 8.78 Å². The minimum absolute atomic E-state index is 0.108. The predicted octanol–water partition coefficient (Wildman–Crippen LogP) is 1.97. The molecule has 2 aromatic rings. The lowest BCUT2D eigenvalue weighted by Gasteiger charge is -2.15. The van der Waals surface area contributed by atoms with Crippen LogP contribution in [0.15, 0.2) is 18.3 Å². The average Bonchev–Trinajstić information content (AvgIpc) is 2.76. The van der Waals surface area contributed by atoms with Crippen molar-refractivity contribution in [1.82, 2.24) is 9.88 Å². The van der Waals surface area contributed by atoms with Crippen LogP contribution in [0.5, 0.6) is 0 Å². The standard InChI is InChI=1S/C14H18F2N2O2S/c1-18(5-6-21(2,19)20)4-3-10-9-17-14-8-13(16)12(15)7-11(10)14/h7-9,17H,3-6H2,1-2H3. The summed E-state index contributed by atoms with van der Waals surface area (Å²) in [5, 5.41) is 0.658. The maximum absolute atomic E-state index is 13.3. The third kappa shape index (κ3) is 4.25. The molecule has 1 aromatic carbocycles. The lowest BCUT2D eigenvalue weighted by atomic mass is 10.1.